The van der Waals surface area contributed by atoms with Gasteiger partial charge in [0.2, 0.25) is 5.91 Å². The molecule has 31 heavy (non-hydrogen) atoms. The number of nitrogens with zero attached hydrogens (tertiary/aromatic N) is 5. The lowest BCUT2D eigenvalue weighted by atomic mass is 10.2. The van der Waals surface area contributed by atoms with E-state index in [0.717, 1.165) is 41.2 Å². The molecule has 0 aliphatic carbocycles. The van der Waals surface area contributed by atoms with E-state index in [9.17, 15) is 4.79 Å². The molecule has 1 saturated heterocycles. The molecule has 0 radical (unpaired) electrons. The zero-order chi connectivity index (χ0) is 21.0. The molecule has 0 atom stereocenters. The van der Waals surface area contributed by atoms with Crippen molar-refractivity contribution < 1.29 is 4.79 Å². The Labute approximate surface area is 179 Å². The van der Waals surface area contributed by atoms with Crippen molar-refractivity contribution in [3.05, 3.63) is 67.1 Å². The standard InChI is InChI=1S/C23H23N7O/c31-23(15-30-16-24-20-5-1-2-6-21(20)30)27-18-9-7-17(8-10-18)26-22-13-19(14-25-28-22)29-11-3-4-12-29/h1-2,5-10,13-14,16H,3-4,11-12,15H2,(H,26,28)(H,27,31). The monoisotopic (exact) mass is 413 g/mol. The summed E-state index contributed by atoms with van der Waals surface area (Å²) in [5, 5.41) is 14.5. The minimum Gasteiger partial charge on any atom is -0.370 e. The summed E-state index contributed by atoms with van der Waals surface area (Å²) in [5.41, 5.74) is 4.52. The van der Waals surface area contributed by atoms with Crippen LogP contribution < -0.4 is 15.5 Å². The molecule has 2 aromatic carbocycles. The number of carbonyl (C=O) groups is 1. The van der Waals surface area contributed by atoms with Crippen LogP contribution in [0.4, 0.5) is 22.9 Å². The van der Waals surface area contributed by atoms with Crippen LogP contribution in [-0.2, 0) is 11.3 Å². The Balaban J connectivity index is 1.21. The lowest BCUT2D eigenvalue weighted by Gasteiger charge is -2.17. The molecule has 3 heterocycles. The van der Waals surface area contributed by atoms with E-state index in [4.69, 9.17) is 0 Å². The van der Waals surface area contributed by atoms with Crippen LogP contribution in [0.15, 0.2) is 67.1 Å². The van der Waals surface area contributed by atoms with Crippen LogP contribution in [0.1, 0.15) is 12.8 Å². The molecule has 1 amide bonds. The van der Waals surface area contributed by atoms with Gasteiger partial charge in [-0.1, -0.05) is 12.1 Å². The molecular weight excluding hydrogens is 390 g/mol. The summed E-state index contributed by atoms with van der Waals surface area (Å²) in [6.45, 7) is 2.34. The average Bonchev–Trinajstić information content (AvgIpc) is 3.46. The highest BCUT2D eigenvalue weighted by molar-refractivity contribution is 5.91. The number of rotatable bonds is 6. The zero-order valence-electron chi connectivity index (χ0n) is 17.0. The molecule has 5 rings (SSSR count). The van der Waals surface area contributed by atoms with Gasteiger partial charge in [0.25, 0.3) is 0 Å². The van der Waals surface area contributed by atoms with Gasteiger partial charge in [-0.05, 0) is 49.2 Å². The van der Waals surface area contributed by atoms with E-state index >= 15 is 0 Å². The molecule has 0 spiro atoms. The lowest BCUT2D eigenvalue weighted by molar-refractivity contribution is -0.116. The van der Waals surface area contributed by atoms with Crippen LogP contribution in [0.3, 0.4) is 0 Å². The van der Waals surface area contributed by atoms with E-state index in [1.807, 2.05) is 59.2 Å². The summed E-state index contributed by atoms with van der Waals surface area (Å²) in [5.74, 6) is 0.598. The Morgan fingerprint density at radius 1 is 1.00 bits per heavy atom. The highest BCUT2D eigenvalue weighted by Crippen LogP contribution is 2.23. The van der Waals surface area contributed by atoms with E-state index in [1.54, 1.807) is 12.5 Å². The number of para-hydroxylation sites is 2. The van der Waals surface area contributed by atoms with E-state index in [1.165, 1.54) is 12.8 Å². The summed E-state index contributed by atoms with van der Waals surface area (Å²) in [6.07, 6.45) is 5.93. The van der Waals surface area contributed by atoms with Crippen LogP contribution in [0, 0.1) is 0 Å². The molecule has 8 heteroatoms. The van der Waals surface area contributed by atoms with E-state index < -0.39 is 0 Å². The molecule has 1 fully saturated rings. The number of anilines is 4. The van der Waals surface area contributed by atoms with Crippen molar-refractivity contribution >= 4 is 39.8 Å². The second-order valence-electron chi connectivity index (χ2n) is 7.60. The second kappa shape index (κ2) is 8.43. The Morgan fingerprint density at radius 3 is 2.61 bits per heavy atom. The third-order valence-electron chi connectivity index (χ3n) is 5.39. The maximum atomic E-state index is 12.5. The Kier molecular flexibility index (Phi) is 5.18. The van der Waals surface area contributed by atoms with Crippen molar-refractivity contribution in [3.8, 4) is 0 Å². The van der Waals surface area contributed by atoms with E-state index in [0.29, 0.717) is 5.82 Å². The van der Waals surface area contributed by atoms with E-state index in [2.05, 4.69) is 30.7 Å². The van der Waals surface area contributed by atoms with Crippen LogP contribution in [-0.4, -0.2) is 38.7 Å². The molecule has 1 aliphatic rings. The number of hydrogen-bond donors (Lipinski definition) is 2. The van der Waals surface area contributed by atoms with Gasteiger partial charge in [0, 0.05) is 30.5 Å². The smallest absolute Gasteiger partial charge is 0.244 e. The van der Waals surface area contributed by atoms with Crippen molar-refractivity contribution in [2.24, 2.45) is 0 Å². The van der Waals surface area contributed by atoms with Gasteiger partial charge < -0.3 is 20.1 Å². The average molecular weight is 413 g/mol. The van der Waals surface area contributed by atoms with Gasteiger partial charge in [0.15, 0.2) is 5.82 Å². The molecule has 4 aromatic rings. The zero-order valence-corrected chi connectivity index (χ0v) is 17.0. The number of nitrogens with one attached hydrogen (secondary N) is 2. The van der Waals surface area contributed by atoms with Gasteiger partial charge in [0.1, 0.15) is 6.54 Å². The van der Waals surface area contributed by atoms with Crippen molar-refractivity contribution in [2.45, 2.75) is 19.4 Å². The van der Waals surface area contributed by atoms with Gasteiger partial charge in [0.05, 0.1) is 29.2 Å². The second-order valence-corrected chi connectivity index (χ2v) is 7.60. The van der Waals surface area contributed by atoms with Crippen LogP contribution in [0.2, 0.25) is 0 Å². The quantitative estimate of drug-likeness (QED) is 0.500. The lowest BCUT2D eigenvalue weighted by Crippen LogP contribution is -2.18. The Hall–Kier alpha value is -3.94. The van der Waals surface area contributed by atoms with Crippen LogP contribution >= 0.6 is 0 Å². The topological polar surface area (TPSA) is 88.0 Å². The summed E-state index contributed by atoms with van der Waals surface area (Å²) >= 11 is 0. The summed E-state index contributed by atoms with van der Waals surface area (Å²) < 4.78 is 1.84. The number of imidazole rings is 1. The molecule has 156 valence electrons. The highest BCUT2D eigenvalue weighted by atomic mass is 16.1. The number of fused-ring (bicyclic) bond motifs is 1. The van der Waals surface area contributed by atoms with Crippen molar-refractivity contribution in [2.75, 3.05) is 28.6 Å². The van der Waals surface area contributed by atoms with Gasteiger partial charge in [-0.3, -0.25) is 4.79 Å². The third kappa shape index (κ3) is 4.32. The normalized spacial score (nSPS) is 13.5. The minimum absolute atomic E-state index is 0.104. The first-order valence-electron chi connectivity index (χ1n) is 10.4. The summed E-state index contributed by atoms with van der Waals surface area (Å²) in [6, 6.07) is 17.3. The number of hydrogen-bond acceptors (Lipinski definition) is 6. The van der Waals surface area contributed by atoms with Crippen molar-refractivity contribution in [1.82, 2.24) is 19.7 Å². The number of amides is 1. The van der Waals surface area contributed by atoms with Crippen molar-refractivity contribution in [3.63, 3.8) is 0 Å². The fourth-order valence-corrected chi connectivity index (χ4v) is 3.84. The molecule has 2 aromatic heterocycles. The first-order valence-corrected chi connectivity index (χ1v) is 10.4. The molecule has 8 nitrogen and oxygen atoms in total. The van der Waals surface area contributed by atoms with Crippen molar-refractivity contribution in [1.29, 1.82) is 0 Å². The maximum Gasteiger partial charge on any atom is 0.244 e. The predicted molar refractivity (Wildman–Crippen MR) is 122 cm³/mol. The summed E-state index contributed by atoms with van der Waals surface area (Å²) in [4.78, 5) is 19.1. The molecular formula is C23H23N7O. The van der Waals surface area contributed by atoms with Crippen LogP contribution in [0.25, 0.3) is 11.0 Å². The number of benzene rings is 2. The fraction of sp³-hybridized carbons (Fsp3) is 0.217. The largest absolute Gasteiger partial charge is 0.370 e. The molecule has 0 unspecified atom stereocenters. The maximum absolute atomic E-state index is 12.5. The molecule has 2 N–H and O–H groups in total. The van der Waals surface area contributed by atoms with Gasteiger partial charge in [-0.15, -0.1) is 5.10 Å². The van der Waals surface area contributed by atoms with Gasteiger partial charge >= 0.3 is 0 Å². The number of aromatic nitrogens is 4. The van der Waals surface area contributed by atoms with Gasteiger partial charge in [-0.2, -0.15) is 5.10 Å². The summed E-state index contributed by atoms with van der Waals surface area (Å²) in [7, 11) is 0. The highest BCUT2D eigenvalue weighted by Gasteiger charge is 2.13. The molecule has 0 saturated carbocycles. The van der Waals surface area contributed by atoms with Crippen LogP contribution in [0.5, 0.6) is 0 Å². The first-order chi connectivity index (χ1) is 15.2. The number of carbonyl (C=O) groups excluding carboxylic acids is 1. The van der Waals surface area contributed by atoms with Gasteiger partial charge in [-0.25, -0.2) is 4.98 Å². The molecule has 0 bridgehead atoms. The predicted octanol–water partition coefficient (Wildman–Crippen LogP) is 3.81. The van der Waals surface area contributed by atoms with E-state index in [-0.39, 0.29) is 12.5 Å². The first kappa shape index (κ1) is 19.0. The molecule has 1 aliphatic heterocycles. The minimum atomic E-state index is -0.104. The third-order valence-corrected chi connectivity index (χ3v) is 5.39. The Bertz CT molecular complexity index is 1200. The SMILES string of the molecule is O=C(Cn1cnc2ccccc21)Nc1ccc(Nc2cc(N3CCCC3)cnn2)cc1. The fourth-order valence-electron chi connectivity index (χ4n) is 3.84. The Morgan fingerprint density at radius 2 is 1.77 bits per heavy atom.